The van der Waals surface area contributed by atoms with Crippen LogP contribution in [0.4, 0.5) is 0 Å². The normalized spacial score (nSPS) is 10.8. The molecule has 6 nitrogen and oxygen atoms in total. The van der Waals surface area contributed by atoms with E-state index in [2.05, 4.69) is 28.9 Å². The van der Waals surface area contributed by atoms with Gasteiger partial charge in [0.1, 0.15) is 17.3 Å². The summed E-state index contributed by atoms with van der Waals surface area (Å²) < 4.78 is 13.3. The van der Waals surface area contributed by atoms with Crippen molar-refractivity contribution in [2.75, 3.05) is 13.7 Å². The summed E-state index contributed by atoms with van der Waals surface area (Å²) in [5.41, 5.74) is 3.74. The molecule has 0 unspecified atom stereocenters. The van der Waals surface area contributed by atoms with Crippen molar-refractivity contribution < 1.29 is 14.3 Å². The number of nitrogens with zero attached hydrogens (tertiary/aromatic N) is 2. The summed E-state index contributed by atoms with van der Waals surface area (Å²) >= 11 is 0. The number of unbranched alkanes of at least 4 members (excludes halogenated alkanes) is 1. The highest BCUT2D eigenvalue weighted by Gasteiger charge is 2.12. The van der Waals surface area contributed by atoms with E-state index >= 15 is 0 Å². The van der Waals surface area contributed by atoms with E-state index in [-0.39, 0.29) is 5.91 Å². The van der Waals surface area contributed by atoms with Gasteiger partial charge in [0.15, 0.2) is 0 Å². The number of carbonyl (C=O) groups excluding carboxylic acids is 1. The van der Waals surface area contributed by atoms with Crippen LogP contribution in [0.5, 0.6) is 11.5 Å². The maximum atomic E-state index is 12.6. The lowest BCUT2D eigenvalue weighted by atomic mass is 10.2. The molecule has 170 valence electrons. The summed E-state index contributed by atoms with van der Waals surface area (Å²) in [5.74, 6) is 2.37. The fraction of sp³-hybridized carbons (Fsp3) is 0.259. The standard InChI is InChI=1S/C27H29N3O3/c1-20-9-3-6-12-25(20)33-18-8-7-17-30-24-11-5-4-10-23(24)29-26(30)19-28-27(31)21-13-15-22(32-2)16-14-21/h3-6,9-16H,7-8,17-19H2,1-2H3,(H,28,31). The third-order valence-electron chi connectivity index (χ3n) is 5.62. The molecule has 0 saturated carbocycles. The summed E-state index contributed by atoms with van der Waals surface area (Å²) in [6, 6.07) is 23.2. The van der Waals surface area contributed by atoms with Crippen molar-refractivity contribution in [3.63, 3.8) is 0 Å². The van der Waals surface area contributed by atoms with Gasteiger partial charge in [-0.25, -0.2) is 4.98 Å². The first-order valence-corrected chi connectivity index (χ1v) is 11.2. The van der Waals surface area contributed by atoms with Gasteiger partial charge in [-0.2, -0.15) is 0 Å². The van der Waals surface area contributed by atoms with Crippen LogP contribution < -0.4 is 14.8 Å². The average Bonchev–Trinajstić information content (AvgIpc) is 3.21. The van der Waals surface area contributed by atoms with Gasteiger partial charge in [0.05, 0.1) is 31.3 Å². The molecule has 0 atom stereocenters. The van der Waals surface area contributed by atoms with E-state index in [1.54, 1.807) is 31.4 Å². The van der Waals surface area contributed by atoms with E-state index in [1.165, 1.54) is 0 Å². The number of carbonyl (C=O) groups is 1. The third-order valence-corrected chi connectivity index (χ3v) is 5.62. The largest absolute Gasteiger partial charge is 0.497 e. The number of hydrogen-bond acceptors (Lipinski definition) is 4. The highest BCUT2D eigenvalue weighted by molar-refractivity contribution is 5.94. The van der Waals surface area contributed by atoms with Gasteiger partial charge in [-0.1, -0.05) is 30.3 Å². The minimum Gasteiger partial charge on any atom is -0.497 e. The van der Waals surface area contributed by atoms with Crippen LogP contribution in [0.15, 0.2) is 72.8 Å². The molecule has 1 aromatic heterocycles. The predicted octanol–water partition coefficient (Wildman–Crippen LogP) is 5.14. The van der Waals surface area contributed by atoms with Crippen molar-refractivity contribution in [2.45, 2.75) is 32.9 Å². The first kappa shape index (κ1) is 22.4. The minimum absolute atomic E-state index is 0.136. The zero-order valence-corrected chi connectivity index (χ0v) is 19.1. The van der Waals surface area contributed by atoms with Crippen molar-refractivity contribution in [3.05, 3.63) is 89.7 Å². The number of aromatic nitrogens is 2. The van der Waals surface area contributed by atoms with Crippen molar-refractivity contribution in [1.29, 1.82) is 0 Å². The predicted molar refractivity (Wildman–Crippen MR) is 130 cm³/mol. The molecular formula is C27H29N3O3. The Bertz CT molecular complexity index is 1220. The zero-order valence-electron chi connectivity index (χ0n) is 19.1. The molecule has 0 spiro atoms. The lowest BCUT2D eigenvalue weighted by Gasteiger charge is -2.12. The Hall–Kier alpha value is -3.80. The molecule has 3 aromatic carbocycles. The lowest BCUT2D eigenvalue weighted by molar-refractivity contribution is 0.0949. The van der Waals surface area contributed by atoms with Gasteiger partial charge < -0.3 is 19.4 Å². The Morgan fingerprint density at radius 2 is 1.73 bits per heavy atom. The molecule has 0 radical (unpaired) electrons. The number of fused-ring (bicyclic) bond motifs is 1. The SMILES string of the molecule is COc1ccc(C(=O)NCc2nc3ccccc3n2CCCCOc2ccccc2C)cc1. The molecular weight excluding hydrogens is 414 g/mol. The molecule has 0 aliphatic heterocycles. The number of benzene rings is 3. The van der Waals surface area contributed by atoms with E-state index in [1.807, 2.05) is 36.4 Å². The van der Waals surface area contributed by atoms with Crippen LogP contribution in [0.3, 0.4) is 0 Å². The molecule has 0 fully saturated rings. The number of amides is 1. The Balaban J connectivity index is 1.37. The maximum Gasteiger partial charge on any atom is 0.251 e. The number of rotatable bonds is 10. The second kappa shape index (κ2) is 10.7. The van der Waals surface area contributed by atoms with Gasteiger partial charge in [-0.15, -0.1) is 0 Å². The summed E-state index contributed by atoms with van der Waals surface area (Å²) in [7, 11) is 1.61. The highest BCUT2D eigenvalue weighted by Crippen LogP contribution is 2.19. The van der Waals surface area contributed by atoms with Gasteiger partial charge in [0.25, 0.3) is 5.91 Å². The van der Waals surface area contributed by atoms with E-state index in [0.717, 1.165) is 53.3 Å². The molecule has 0 aliphatic carbocycles. The number of hydrogen-bond donors (Lipinski definition) is 1. The number of imidazole rings is 1. The molecule has 6 heteroatoms. The summed E-state index contributed by atoms with van der Waals surface area (Å²) in [5, 5.41) is 3.00. The first-order valence-electron chi connectivity index (χ1n) is 11.2. The highest BCUT2D eigenvalue weighted by atomic mass is 16.5. The first-order chi connectivity index (χ1) is 16.2. The van der Waals surface area contributed by atoms with Crippen LogP contribution in [0.1, 0.15) is 34.6 Å². The summed E-state index contributed by atoms with van der Waals surface area (Å²) in [6.07, 6.45) is 1.88. The fourth-order valence-corrected chi connectivity index (χ4v) is 3.79. The second-order valence-electron chi connectivity index (χ2n) is 7.90. The number of nitrogens with one attached hydrogen (secondary N) is 1. The Morgan fingerprint density at radius 1 is 0.970 bits per heavy atom. The van der Waals surface area contributed by atoms with Crippen molar-refractivity contribution in [3.8, 4) is 11.5 Å². The summed E-state index contributed by atoms with van der Waals surface area (Å²) in [4.78, 5) is 17.4. The summed E-state index contributed by atoms with van der Waals surface area (Å²) in [6.45, 7) is 3.89. The fourth-order valence-electron chi connectivity index (χ4n) is 3.79. The monoisotopic (exact) mass is 443 g/mol. The molecule has 0 bridgehead atoms. The molecule has 0 saturated heterocycles. The van der Waals surface area contributed by atoms with Gasteiger partial charge in [0, 0.05) is 12.1 Å². The van der Waals surface area contributed by atoms with Crippen molar-refractivity contribution >= 4 is 16.9 Å². The molecule has 4 aromatic rings. The van der Waals surface area contributed by atoms with Crippen LogP contribution in [0, 0.1) is 6.92 Å². The molecule has 1 N–H and O–H groups in total. The number of aryl methyl sites for hydroxylation is 2. The van der Waals surface area contributed by atoms with Gasteiger partial charge in [-0.05, 0) is 67.8 Å². The minimum atomic E-state index is -0.136. The maximum absolute atomic E-state index is 12.6. The van der Waals surface area contributed by atoms with Gasteiger partial charge in [0.2, 0.25) is 0 Å². The lowest BCUT2D eigenvalue weighted by Crippen LogP contribution is -2.24. The quantitative estimate of drug-likeness (QED) is 0.345. The van der Waals surface area contributed by atoms with Crippen molar-refractivity contribution in [2.24, 2.45) is 0 Å². The Kier molecular flexibility index (Phi) is 7.25. The van der Waals surface area contributed by atoms with Gasteiger partial charge >= 0.3 is 0 Å². The molecule has 1 amide bonds. The van der Waals surface area contributed by atoms with Crippen molar-refractivity contribution in [1.82, 2.24) is 14.9 Å². The van der Waals surface area contributed by atoms with Crippen LogP contribution >= 0.6 is 0 Å². The van der Waals surface area contributed by atoms with Crippen LogP contribution in [0.25, 0.3) is 11.0 Å². The number of methoxy groups -OCH3 is 1. The Morgan fingerprint density at radius 3 is 2.52 bits per heavy atom. The number of para-hydroxylation sites is 3. The second-order valence-corrected chi connectivity index (χ2v) is 7.90. The molecule has 0 aliphatic rings. The van der Waals surface area contributed by atoms with E-state index < -0.39 is 0 Å². The van der Waals surface area contributed by atoms with Crippen LogP contribution in [-0.4, -0.2) is 29.2 Å². The van der Waals surface area contributed by atoms with E-state index in [0.29, 0.717) is 18.7 Å². The zero-order chi connectivity index (χ0) is 23.0. The van der Waals surface area contributed by atoms with Crippen LogP contribution in [-0.2, 0) is 13.1 Å². The average molecular weight is 444 g/mol. The topological polar surface area (TPSA) is 65.4 Å². The van der Waals surface area contributed by atoms with Gasteiger partial charge in [-0.3, -0.25) is 4.79 Å². The van der Waals surface area contributed by atoms with E-state index in [9.17, 15) is 4.79 Å². The van der Waals surface area contributed by atoms with E-state index in [4.69, 9.17) is 14.5 Å². The third kappa shape index (κ3) is 5.52. The molecule has 4 rings (SSSR count). The number of ether oxygens (including phenoxy) is 2. The molecule has 1 heterocycles. The smallest absolute Gasteiger partial charge is 0.251 e. The molecule has 33 heavy (non-hydrogen) atoms. The van der Waals surface area contributed by atoms with Crippen LogP contribution in [0.2, 0.25) is 0 Å². The Labute approximate surface area is 194 Å².